The largest absolute Gasteiger partial charge is 0.393 e. The average Bonchev–Trinajstić information content (AvgIpc) is 2.46. The lowest BCUT2D eigenvalue weighted by molar-refractivity contribution is -0.384. The van der Waals surface area contributed by atoms with Crippen LogP contribution in [0.1, 0.15) is 25.3 Å². The molecule has 1 aliphatic heterocycles. The Bertz CT molecular complexity index is 482. The molecule has 2 rings (SSSR count). The zero-order valence-corrected chi connectivity index (χ0v) is 11.5. The molecule has 6 heteroatoms. The lowest BCUT2D eigenvalue weighted by Crippen LogP contribution is -2.37. The second kappa shape index (κ2) is 6.19. The Balaban J connectivity index is 2.19. The molecule has 110 valence electrons. The van der Waals surface area contributed by atoms with Gasteiger partial charge in [0.15, 0.2) is 0 Å². The molecular weight excluding hydrogens is 260 g/mol. The summed E-state index contributed by atoms with van der Waals surface area (Å²) in [5.41, 5.74) is 1.17. The molecule has 2 N–H and O–H groups in total. The zero-order valence-electron chi connectivity index (χ0n) is 11.5. The van der Waals surface area contributed by atoms with Gasteiger partial charge in [-0.15, -0.1) is 0 Å². The first-order valence-electron chi connectivity index (χ1n) is 6.84. The molecule has 0 saturated carbocycles. The predicted molar refractivity (Wildman–Crippen MR) is 75.6 cm³/mol. The van der Waals surface area contributed by atoms with E-state index in [4.69, 9.17) is 5.11 Å². The fourth-order valence-corrected chi connectivity index (χ4v) is 2.70. The van der Waals surface area contributed by atoms with Crippen LogP contribution in [0.3, 0.4) is 0 Å². The first kappa shape index (κ1) is 14.7. The fraction of sp³-hybridized carbons (Fsp3) is 0.571. The molecule has 6 nitrogen and oxygen atoms in total. The van der Waals surface area contributed by atoms with Gasteiger partial charge in [0.05, 0.1) is 17.6 Å². The minimum Gasteiger partial charge on any atom is -0.393 e. The molecule has 0 radical (unpaired) electrons. The minimum atomic E-state index is -0.407. The van der Waals surface area contributed by atoms with Crippen molar-refractivity contribution in [3.8, 4) is 0 Å². The Labute approximate surface area is 117 Å². The molecule has 1 aliphatic rings. The number of aliphatic hydroxyl groups excluding tert-OH is 2. The van der Waals surface area contributed by atoms with Crippen molar-refractivity contribution in [3.63, 3.8) is 0 Å². The number of nitro benzene ring substituents is 1. The maximum atomic E-state index is 11.2. The van der Waals surface area contributed by atoms with Crippen LogP contribution in [0, 0.1) is 16.0 Å². The van der Waals surface area contributed by atoms with Crippen LogP contribution in [-0.2, 0) is 6.61 Å². The van der Waals surface area contributed by atoms with Crippen molar-refractivity contribution in [1.29, 1.82) is 0 Å². The second-order valence-corrected chi connectivity index (χ2v) is 5.30. The van der Waals surface area contributed by atoms with E-state index < -0.39 is 4.92 Å². The molecule has 1 heterocycles. The molecule has 1 unspecified atom stereocenters. The summed E-state index contributed by atoms with van der Waals surface area (Å²) in [4.78, 5) is 12.7. The predicted octanol–water partition coefficient (Wildman–Crippen LogP) is 1.68. The molecule has 1 fully saturated rings. The lowest BCUT2D eigenvalue weighted by Gasteiger charge is -2.34. The number of anilines is 1. The van der Waals surface area contributed by atoms with Gasteiger partial charge < -0.3 is 15.1 Å². The maximum absolute atomic E-state index is 11.2. The zero-order chi connectivity index (χ0) is 14.7. The van der Waals surface area contributed by atoms with E-state index in [0.29, 0.717) is 24.3 Å². The highest BCUT2D eigenvalue weighted by atomic mass is 16.6. The standard InChI is InChI=1S/C14H20N2O4/c1-10(18)12-4-6-15(7-5-12)13-3-2-11(9-17)8-14(13)16(19)20/h2-3,8,10,12,17-18H,4-7,9H2,1H3. The fourth-order valence-electron chi connectivity index (χ4n) is 2.70. The number of benzene rings is 1. The normalized spacial score (nSPS) is 18.1. The molecule has 1 aromatic carbocycles. The molecule has 0 aromatic heterocycles. The Morgan fingerprint density at radius 1 is 1.45 bits per heavy atom. The van der Waals surface area contributed by atoms with Crippen LogP contribution in [0.15, 0.2) is 18.2 Å². The molecule has 1 saturated heterocycles. The van der Waals surface area contributed by atoms with E-state index in [0.717, 1.165) is 12.8 Å². The van der Waals surface area contributed by atoms with Crippen LogP contribution < -0.4 is 4.90 Å². The smallest absolute Gasteiger partial charge is 0.292 e. The third kappa shape index (κ3) is 3.08. The van der Waals surface area contributed by atoms with Crippen molar-refractivity contribution in [2.45, 2.75) is 32.5 Å². The average molecular weight is 280 g/mol. The van der Waals surface area contributed by atoms with Gasteiger partial charge in [-0.25, -0.2) is 0 Å². The summed E-state index contributed by atoms with van der Waals surface area (Å²) in [6, 6.07) is 4.84. The molecule has 0 aliphatic carbocycles. The number of hydrogen-bond acceptors (Lipinski definition) is 5. The molecule has 1 atom stereocenters. The number of nitro groups is 1. The molecule has 0 spiro atoms. The SMILES string of the molecule is CC(O)C1CCN(c2ccc(CO)cc2[N+](=O)[O-])CC1. The van der Waals surface area contributed by atoms with Gasteiger partial charge in [-0.2, -0.15) is 0 Å². The topological polar surface area (TPSA) is 86.8 Å². The van der Waals surface area contributed by atoms with Crippen LogP contribution in [0.2, 0.25) is 0 Å². The minimum absolute atomic E-state index is 0.0343. The summed E-state index contributed by atoms with van der Waals surface area (Å²) in [6.07, 6.45) is 1.33. The molecule has 0 bridgehead atoms. The highest BCUT2D eigenvalue weighted by Gasteiger charge is 2.26. The monoisotopic (exact) mass is 280 g/mol. The van der Waals surface area contributed by atoms with E-state index in [9.17, 15) is 15.2 Å². The summed E-state index contributed by atoms with van der Waals surface area (Å²) in [6.45, 7) is 2.99. The van der Waals surface area contributed by atoms with Crippen LogP contribution >= 0.6 is 0 Å². The van der Waals surface area contributed by atoms with E-state index in [1.54, 1.807) is 19.1 Å². The molecule has 0 amide bonds. The van der Waals surface area contributed by atoms with Crippen LogP contribution in [0.5, 0.6) is 0 Å². The van der Waals surface area contributed by atoms with E-state index >= 15 is 0 Å². The van der Waals surface area contributed by atoms with Crippen molar-refractivity contribution in [3.05, 3.63) is 33.9 Å². The quantitative estimate of drug-likeness (QED) is 0.647. The van der Waals surface area contributed by atoms with Crippen LogP contribution in [0.4, 0.5) is 11.4 Å². The first-order chi connectivity index (χ1) is 9.52. The van der Waals surface area contributed by atoms with Crippen molar-refractivity contribution in [2.75, 3.05) is 18.0 Å². The van der Waals surface area contributed by atoms with Crippen molar-refractivity contribution in [2.24, 2.45) is 5.92 Å². The molecule has 1 aromatic rings. The van der Waals surface area contributed by atoms with Gasteiger partial charge in [-0.3, -0.25) is 10.1 Å². The van der Waals surface area contributed by atoms with E-state index in [2.05, 4.69) is 0 Å². The van der Waals surface area contributed by atoms with Crippen molar-refractivity contribution >= 4 is 11.4 Å². The maximum Gasteiger partial charge on any atom is 0.292 e. The van der Waals surface area contributed by atoms with Crippen LogP contribution in [0.25, 0.3) is 0 Å². The summed E-state index contributed by atoms with van der Waals surface area (Å²) >= 11 is 0. The van der Waals surface area contributed by atoms with Crippen molar-refractivity contribution in [1.82, 2.24) is 0 Å². The number of rotatable bonds is 4. The van der Waals surface area contributed by atoms with E-state index in [1.165, 1.54) is 6.07 Å². The second-order valence-electron chi connectivity index (χ2n) is 5.30. The number of hydrogen-bond donors (Lipinski definition) is 2. The Hall–Kier alpha value is -1.66. The number of nitrogens with zero attached hydrogens (tertiary/aromatic N) is 2. The van der Waals surface area contributed by atoms with Gasteiger partial charge in [0.2, 0.25) is 0 Å². The number of aliphatic hydroxyl groups is 2. The molecular formula is C14H20N2O4. The number of piperidine rings is 1. The summed E-state index contributed by atoms with van der Waals surface area (Å²) in [5.74, 6) is 0.266. The highest BCUT2D eigenvalue weighted by Crippen LogP contribution is 2.33. The molecule has 20 heavy (non-hydrogen) atoms. The highest BCUT2D eigenvalue weighted by molar-refractivity contribution is 5.64. The van der Waals surface area contributed by atoms with E-state index in [-0.39, 0.29) is 24.3 Å². The van der Waals surface area contributed by atoms with Gasteiger partial charge in [-0.05, 0) is 37.3 Å². The Morgan fingerprint density at radius 3 is 2.60 bits per heavy atom. The summed E-state index contributed by atoms with van der Waals surface area (Å²) < 4.78 is 0. The lowest BCUT2D eigenvalue weighted by atomic mass is 9.92. The Kier molecular flexibility index (Phi) is 4.57. The first-order valence-corrected chi connectivity index (χ1v) is 6.84. The summed E-state index contributed by atoms with van der Waals surface area (Å²) in [7, 11) is 0. The van der Waals surface area contributed by atoms with Gasteiger partial charge in [0.1, 0.15) is 5.69 Å². The van der Waals surface area contributed by atoms with Gasteiger partial charge in [0, 0.05) is 19.2 Å². The third-order valence-corrected chi connectivity index (χ3v) is 3.98. The van der Waals surface area contributed by atoms with E-state index in [1.807, 2.05) is 4.90 Å². The van der Waals surface area contributed by atoms with Gasteiger partial charge >= 0.3 is 0 Å². The van der Waals surface area contributed by atoms with Gasteiger partial charge in [-0.1, -0.05) is 6.07 Å². The van der Waals surface area contributed by atoms with Gasteiger partial charge in [0.25, 0.3) is 5.69 Å². The van der Waals surface area contributed by atoms with Crippen molar-refractivity contribution < 1.29 is 15.1 Å². The van der Waals surface area contributed by atoms with Crippen LogP contribution in [-0.4, -0.2) is 34.3 Å². The summed E-state index contributed by atoms with van der Waals surface area (Å²) in [5, 5.41) is 29.8. The third-order valence-electron chi connectivity index (χ3n) is 3.98. The Morgan fingerprint density at radius 2 is 2.10 bits per heavy atom.